The largest absolute Gasteiger partial charge is 0.465 e. The van der Waals surface area contributed by atoms with Crippen LogP contribution in [0.15, 0.2) is 0 Å². The zero-order valence-electron chi connectivity index (χ0n) is 16.9. The van der Waals surface area contributed by atoms with Gasteiger partial charge in [-0.3, -0.25) is 4.79 Å². The van der Waals surface area contributed by atoms with E-state index >= 15 is 0 Å². The van der Waals surface area contributed by atoms with Crippen LogP contribution in [0.2, 0.25) is 0 Å². The number of fused-ring (bicyclic) bond motifs is 3. The lowest BCUT2D eigenvalue weighted by atomic mass is 9.72. The first-order valence-corrected chi connectivity index (χ1v) is 11.1. The third-order valence-corrected chi connectivity index (χ3v) is 8.36. The molecule has 2 fully saturated rings. The van der Waals surface area contributed by atoms with Gasteiger partial charge < -0.3 is 10.1 Å². The van der Waals surface area contributed by atoms with E-state index in [-0.39, 0.29) is 23.2 Å². The standard InChI is InChI=1S/C22H31NO3S/c1-22(2,3)14-7-8-15-17(11-14)27-20(18(15)21(25)26-4)23-19(24)16-10-12-5-6-13(16)9-12/h12-14,16H,5-11H2,1-4H3,(H,23,24)/t12-,13-,14+,16+/m1/s1. The van der Waals surface area contributed by atoms with Crippen molar-refractivity contribution < 1.29 is 14.3 Å². The number of amides is 1. The second-order valence-electron chi connectivity index (χ2n) is 9.78. The average Bonchev–Trinajstić information content (AvgIpc) is 3.33. The van der Waals surface area contributed by atoms with Gasteiger partial charge in [0.2, 0.25) is 5.91 Å². The molecule has 0 saturated heterocycles. The summed E-state index contributed by atoms with van der Waals surface area (Å²) in [5.41, 5.74) is 1.97. The van der Waals surface area contributed by atoms with E-state index in [1.165, 1.54) is 31.2 Å². The van der Waals surface area contributed by atoms with Crippen LogP contribution in [0.5, 0.6) is 0 Å². The fourth-order valence-corrected chi connectivity index (χ4v) is 6.82. The van der Waals surface area contributed by atoms with Crippen molar-refractivity contribution in [2.24, 2.45) is 29.1 Å². The zero-order valence-corrected chi connectivity index (χ0v) is 17.7. The molecule has 0 spiro atoms. The smallest absolute Gasteiger partial charge is 0.341 e. The van der Waals surface area contributed by atoms with Crippen molar-refractivity contribution >= 4 is 28.2 Å². The molecule has 0 aliphatic heterocycles. The molecule has 3 aliphatic carbocycles. The van der Waals surface area contributed by atoms with Crippen LogP contribution in [0.4, 0.5) is 5.00 Å². The minimum Gasteiger partial charge on any atom is -0.465 e. The number of hydrogen-bond acceptors (Lipinski definition) is 4. The lowest BCUT2D eigenvalue weighted by Gasteiger charge is -2.33. The van der Waals surface area contributed by atoms with Crippen molar-refractivity contribution in [3.63, 3.8) is 0 Å². The third kappa shape index (κ3) is 3.43. The number of carbonyl (C=O) groups excluding carboxylic acids is 2. The average molecular weight is 390 g/mol. The number of esters is 1. The number of nitrogens with one attached hydrogen (secondary N) is 1. The summed E-state index contributed by atoms with van der Waals surface area (Å²) >= 11 is 1.60. The van der Waals surface area contributed by atoms with Crippen LogP contribution < -0.4 is 5.32 Å². The van der Waals surface area contributed by atoms with E-state index in [1.807, 2.05) is 0 Å². The van der Waals surface area contributed by atoms with E-state index in [2.05, 4.69) is 26.1 Å². The highest BCUT2D eigenvalue weighted by molar-refractivity contribution is 7.17. The van der Waals surface area contributed by atoms with E-state index in [9.17, 15) is 9.59 Å². The Morgan fingerprint density at radius 2 is 1.93 bits per heavy atom. The normalized spacial score (nSPS) is 29.5. The second kappa shape index (κ2) is 6.91. The molecule has 1 N–H and O–H groups in total. The lowest BCUT2D eigenvalue weighted by molar-refractivity contribution is -0.121. The molecule has 4 atom stereocenters. The fraction of sp³-hybridized carbons (Fsp3) is 0.727. The predicted octanol–water partition coefficient (Wildman–Crippen LogP) is 5.06. The van der Waals surface area contributed by atoms with Crippen LogP contribution in [0.25, 0.3) is 0 Å². The molecule has 27 heavy (non-hydrogen) atoms. The van der Waals surface area contributed by atoms with E-state index in [0.717, 1.165) is 37.2 Å². The van der Waals surface area contributed by atoms with Crippen molar-refractivity contribution in [1.82, 2.24) is 0 Å². The quantitative estimate of drug-likeness (QED) is 0.735. The van der Waals surface area contributed by atoms with Crippen LogP contribution in [0, 0.1) is 29.1 Å². The highest BCUT2D eigenvalue weighted by Gasteiger charge is 2.43. The molecule has 1 aromatic rings. The number of methoxy groups -OCH3 is 1. The summed E-state index contributed by atoms with van der Waals surface area (Å²) in [7, 11) is 1.43. The third-order valence-electron chi connectivity index (χ3n) is 7.19. The molecule has 2 bridgehead atoms. The molecular weight excluding hydrogens is 358 g/mol. The van der Waals surface area contributed by atoms with E-state index in [1.54, 1.807) is 11.3 Å². The van der Waals surface area contributed by atoms with Gasteiger partial charge in [0.1, 0.15) is 5.00 Å². The summed E-state index contributed by atoms with van der Waals surface area (Å²) in [6.07, 6.45) is 7.64. The van der Waals surface area contributed by atoms with Crippen molar-refractivity contribution in [3.05, 3.63) is 16.0 Å². The first-order chi connectivity index (χ1) is 12.8. The molecule has 148 valence electrons. The van der Waals surface area contributed by atoms with Gasteiger partial charge in [-0.05, 0) is 67.3 Å². The Morgan fingerprint density at radius 1 is 1.15 bits per heavy atom. The molecule has 0 radical (unpaired) electrons. The highest BCUT2D eigenvalue weighted by atomic mass is 32.1. The molecular formula is C22H31NO3S. The zero-order chi connectivity index (χ0) is 19.3. The summed E-state index contributed by atoms with van der Waals surface area (Å²) in [5, 5.41) is 3.86. The lowest BCUT2D eigenvalue weighted by Crippen LogP contribution is -2.28. The summed E-state index contributed by atoms with van der Waals surface area (Å²) in [4.78, 5) is 26.7. The molecule has 5 heteroatoms. The van der Waals surface area contributed by atoms with Gasteiger partial charge in [-0.2, -0.15) is 0 Å². The molecule has 0 unspecified atom stereocenters. The van der Waals surface area contributed by atoms with Gasteiger partial charge >= 0.3 is 5.97 Å². The van der Waals surface area contributed by atoms with E-state index in [4.69, 9.17) is 4.74 Å². The maximum absolute atomic E-state index is 12.9. The molecule has 3 aliphatic rings. The molecule has 1 aromatic heterocycles. The van der Waals surface area contributed by atoms with Crippen molar-refractivity contribution in [3.8, 4) is 0 Å². The topological polar surface area (TPSA) is 55.4 Å². The number of hydrogen-bond donors (Lipinski definition) is 1. The summed E-state index contributed by atoms with van der Waals surface area (Å²) in [6, 6.07) is 0. The maximum Gasteiger partial charge on any atom is 0.341 e. The maximum atomic E-state index is 12.9. The number of ether oxygens (including phenoxy) is 1. The van der Waals surface area contributed by atoms with Crippen LogP contribution >= 0.6 is 11.3 Å². The number of rotatable bonds is 3. The minimum absolute atomic E-state index is 0.110. The first kappa shape index (κ1) is 19.0. The summed E-state index contributed by atoms with van der Waals surface area (Å²) < 4.78 is 5.07. The Bertz CT molecular complexity index is 760. The van der Waals surface area contributed by atoms with Crippen LogP contribution in [-0.4, -0.2) is 19.0 Å². The second-order valence-corrected chi connectivity index (χ2v) is 10.9. The Morgan fingerprint density at radius 3 is 2.52 bits per heavy atom. The van der Waals surface area contributed by atoms with E-state index in [0.29, 0.717) is 22.4 Å². The SMILES string of the molecule is COC(=O)c1c(NC(=O)[C@H]2C[C@@H]3CC[C@@H]2C3)sc2c1CC[C@H](C(C)(C)C)C2. The Hall–Kier alpha value is -1.36. The summed E-state index contributed by atoms with van der Waals surface area (Å²) in [6.45, 7) is 6.86. The number of thiophene rings is 1. The van der Waals surface area contributed by atoms with Crippen molar-refractivity contribution in [2.45, 2.75) is 65.7 Å². The van der Waals surface area contributed by atoms with Gasteiger partial charge in [-0.25, -0.2) is 4.79 Å². The molecule has 0 aromatic carbocycles. The summed E-state index contributed by atoms with van der Waals surface area (Å²) in [5.74, 6) is 1.79. The molecule has 4 rings (SSSR count). The Labute approximate surface area is 166 Å². The molecule has 1 amide bonds. The van der Waals surface area contributed by atoms with Crippen LogP contribution in [0.3, 0.4) is 0 Å². The fourth-order valence-electron chi connectivity index (χ4n) is 5.50. The monoisotopic (exact) mass is 389 g/mol. The molecule has 4 nitrogen and oxygen atoms in total. The minimum atomic E-state index is -0.315. The molecule has 1 heterocycles. The van der Waals surface area contributed by atoms with Gasteiger partial charge in [-0.1, -0.05) is 27.2 Å². The first-order valence-electron chi connectivity index (χ1n) is 10.3. The Balaban J connectivity index is 1.59. The van der Waals surface area contributed by atoms with Gasteiger partial charge in [-0.15, -0.1) is 11.3 Å². The van der Waals surface area contributed by atoms with Crippen molar-refractivity contribution in [2.75, 3.05) is 12.4 Å². The van der Waals surface area contributed by atoms with E-state index < -0.39 is 0 Å². The van der Waals surface area contributed by atoms with Gasteiger partial charge in [0.05, 0.1) is 12.7 Å². The number of anilines is 1. The Kier molecular flexibility index (Phi) is 4.86. The predicted molar refractivity (Wildman–Crippen MR) is 108 cm³/mol. The van der Waals surface area contributed by atoms with Gasteiger partial charge in [0.15, 0.2) is 0 Å². The van der Waals surface area contributed by atoms with Gasteiger partial charge in [0, 0.05) is 10.8 Å². The van der Waals surface area contributed by atoms with Crippen molar-refractivity contribution in [1.29, 1.82) is 0 Å². The van der Waals surface area contributed by atoms with Crippen LogP contribution in [-0.2, 0) is 22.4 Å². The van der Waals surface area contributed by atoms with Crippen LogP contribution in [0.1, 0.15) is 73.7 Å². The van der Waals surface area contributed by atoms with Gasteiger partial charge in [0.25, 0.3) is 0 Å². The highest BCUT2D eigenvalue weighted by Crippen LogP contribution is 2.49. The molecule has 2 saturated carbocycles. The number of carbonyl (C=O) groups is 2.